The monoisotopic (exact) mass is 401 g/mol. The second-order valence-corrected chi connectivity index (χ2v) is 7.21. The summed E-state index contributed by atoms with van der Waals surface area (Å²) < 4.78 is 0. The molecule has 2 aromatic rings. The maximum atomic E-state index is 12.7. The molecule has 3 rings (SSSR count). The Kier molecular flexibility index (Phi) is 5.69. The molecule has 1 heterocycles. The Balaban J connectivity index is 1.77. The van der Waals surface area contributed by atoms with Crippen LogP contribution in [0.25, 0.3) is 0 Å². The lowest BCUT2D eigenvalue weighted by atomic mass is 10.0. The SMILES string of the molecule is CC(=O)c1ccc(C#N)cc1N1CCN(C(=O)c2cc(Cl)cc(Cl)c2)CC1. The fourth-order valence-corrected chi connectivity index (χ4v) is 3.70. The first-order valence-corrected chi connectivity index (χ1v) is 9.20. The summed E-state index contributed by atoms with van der Waals surface area (Å²) in [5.74, 6) is -0.182. The smallest absolute Gasteiger partial charge is 0.254 e. The second-order valence-electron chi connectivity index (χ2n) is 6.34. The first kappa shape index (κ1) is 19.2. The average Bonchev–Trinajstić information content (AvgIpc) is 2.66. The zero-order valence-electron chi connectivity index (χ0n) is 14.7. The Hall–Kier alpha value is -2.55. The summed E-state index contributed by atoms with van der Waals surface area (Å²) in [6.07, 6.45) is 0. The number of amides is 1. The van der Waals surface area contributed by atoms with Crippen LogP contribution in [0.5, 0.6) is 0 Å². The Bertz CT molecular complexity index is 924. The van der Waals surface area contributed by atoms with E-state index in [0.29, 0.717) is 52.9 Å². The molecule has 0 atom stereocenters. The van der Waals surface area contributed by atoms with Crippen LogP contribution < -0.4 is 4.90 Å². The first-order valence-electron chi connectivity index (χ1n) is 8.44. The van der Waals surface area contributed by atoms with Gasteiger partial charge in [0.05, 0.1) is 11.6 Å². The number of hydrogen-bond donors (Lipinski definition) is 0. The summed E-state index contributed by atoms with van der Waals surface area (Å²) in [7, 11) is 0. The minimum atomic E-state index is -0.128. The van der Waals surface area contributed by atoms with Crippen LogP contribution in [0.2, 0.25) is 10.0 Å². The van der Waals surface area contributed by atoms with Gasteiger partial charge in [-0.1, -0.05) is 23.2 Å². The average molecular weight is 402 g/mol. The second kappa shape index (κ2) is 7.99. The number of anilines is 1. The van der Waals surface area contributed by atoms with Crippen molar-refractivity contribution in [1.29, 1.82) is 5.26 Å². The van der Waals surface area contributed by atoms with Gasteiger partial charge in [0.15, 0.2) is 5.78 Å². The number of rotatable bonds is 3. The minimum absolute atomic E-state index is 0.0541. The van der Waals surface area contributed by atoms with Gasteiger partial charge in [-0.3, -0.25) is 9.59 Å². The molecule has 1 aliphatic heterocycles. The summed E-state index contributed by atoms with van der Waals surface area (Å²) in [5, 5.41) is 9.99. The van der Waals surface area contributed by atoms with Crippen LogP contribution in [-0.4, -0.2) is 42.8 Å². The highest BCUT2D eigenvalue weighted by molar-refractivity contribution is 6.35. The Morgan fingerprint density at radius 3 is 2.19 bits per heavy atom. The van der Waals surface area contributed by atoms with Gasteiger partial charge in [-0.15, -0.1) is 0 Å². The number of Topliss-reactive ketones (excluding diaryl/α,β-unsaturated/α-hetero) is 1. The number of halogens is 2. The van der Waals surface area contributed by atoms with Crippen molar-refractivity contribution in [1.82, 2.24) is 4.90 Å². The molecule has 1 amide bonds. The van der Waals surface area contributed by atoms with Crippen LogP contribution in [0.1, 0.15) is 33.2 Å². The van der Waals surface area contributed by atoms with E-state index < -0.39 is 0 Å². The topological polar surface area (TPSA) is 64.4 Å². The largest absolute Gasteiger partial charge is 0.367 e. The summed E-state index contributed by atoms with van der Waals surface area (Å²) >= 11 is 12.0. The van der Waals surface area contributed by atoms with Gasteiger partial charge in [0.1, 0.15) is 0 Å². The Morgan fingerprint density at radius 2 is 1.63 bits per heavy atom. The third kappa shape index (κ3) is 4.24. The van der Waals surface area contributed by atoms with Crippen LogP contribution in [0, 0.1) is 11.3 Å². The summed E-state index contributed by atoms with van der Waals surface area (Å²) in [4.78, 5) is 28.4. The van der Waals surface area contributed by atoms with E-state index in [4.69, 9.17) is 28.5 Å². The molecule has 1 saturated heterocycles. The highest BCUT2D eigenvalue weighted by Crippen LogP contribution is 2.25. The molecule has 2 aromatic carbocycles. The van der Waals surface area contributed by atoms with Gasteiger partial charge in [-0.05, 0) is 43.3 Å². The van der Waals surface area contributed by atoms with Crippen molar-refractivity contribution in [3.8, 4) is 6.07 Å². The van der Waals surface area contributed by atoms with Crippen molar-refractivity contribution < 1.29 is 9.59 Å². The lowest BCUT2D eigenvalue weighted by Gasteiger charge is -2.37. The van der Waals surface area contributed by atoms with Crippen LogP contribution >= 0.6 is 23.2 Å². The minimum Gasteiger partial charge on any atom is -0.367 e. The number of ketones is 1. The number of benzene rings is 2. The van der Waals surface area contributed by atoms with E-state index in [2.05, 4.69) is 6.07 Å². The fourth-order valence-electron chi connectivity index (χ4n) is 3.17. The Labute approximate surface area is 167 Å². The van der Waals surface area contributed by atoms with Crippen LogP contribution in [0.3, 0.4) is 0 Å². The third-order valence-corrected chi connectivity index (χ3v) is 4.96. The van der Waals surface area contributed by atoms with Crippen molar-refractivity contribution >= 4 is 40.6 Å². The number of nitrogens with zero attached hydrogens (tertiary/aromatic N) is 3. The standard InChI is InChI=1S/C20H17Cl2N3O2/c1-13(26)18-3-2-14(12-23)8-19(18)24-4-6-25(7-5-24)20(27)15-9-16(21)11-17(22)10-15/h2-3,8-11H,4-7H2,1H3. The first-order chi connectivity index (χ1) is 12.9. The molecule has 27 heavy (non-hydrogen) atoms. The molecule has 0 saturated carbocycles. The molecule has 138 valence electrons. The quantitative estimate of drug-likeness (QED) is 0.728. The molecule has 0 aliphatic carbocycles. The number of piperazine rings is 1. The number of hydrogen-bond acceptors (Lipinski definition) is 4. The van der Waals surface area contributed by atoms with Gasteiger partial charge in [-0.2, -0.15) is 5.26 Å². The number of carbonyl (C=O) groups is 2. The highest BCUT2D eigenvalue weighted by Gasteiger charge is 2.25. The van der Waals surface area contributed by atoms with E-state index in [0.717, 1.165) is 5.69 Å². The van der Waals surface area contributed by atoms with E-state index in [1.807, 2.05) is 4.90 Å². The zero-order chi connectivity index (χ0) is 19.6. The van der Waals surface area contributed by atoms with Crippen LogP contribution in [0.4, 0.5) is 5.69 Å². The lowest BCUT2D eigenvalue weighted by molar-refractivity contribution is 0.0746. The normalized spacial score (nSPS) is 14.0. The molecule has 0 N–H and O–H groups in total. The lowest BCUT2D eigenvalue weighted by Crippen LogP contribution is -2.49. The predicted octanol–water partition coefficient (Wildman–Crippen LogP) is 4.03. The van der Waals surface area contributed by atoms with E-state index in [9.17, 15) is 9.59 Å². The van der Waals surface area contributed by atoms with Gasteiger partial charge in [0.2, 0.25) is 0 Å². The molecule has 0 unspecified atom stereocenters. The van der Waals surface area contributed by atoms with Gasteiger partial charge < -0.3 is 9.80 Å². The molecule has 0 spiro atoms. The van der Waals surface area contributed by atoms with E-state index >= 15 is 0 Å². The number of nitriles is 1. The third-order valence-electron chi connectivity index (χ3n) is 4.52. The maximum Gasteiger partial charge on any atom is 0.254 e. The molecule has 7 heteroatoms. The molecule has 5 nitrogen and oxygen atoms in total. The van der Waals surface area contributed by atoms with Gasteiger partial charge in [0.25, 0.3) is 5.91 Å². The van der Waals surface area contributed by atoms with Gasteiger partial charge >= 0.3 is 0 Å². The van der Waals surface area contributed by atoms with Crippen LogP contribution in [0.15, 0.2) is 36.4 Å². The van der Waals surface area contributed by atoms with Crippen molar-refractivity contribution in [2.45, 2.75) is 6.92 Å². The maximum absolute atomic E-state index is 12.7. The molecule has 0 radical (unpaired) electrons. The van der Waals surface area contributed by atoms with Crippen molar-refractivity contribution in [3.63, 3.8) is 0 Å². The Morgan fingerprint density at radius 1 is 1.00 bits per heavy atom. The van der Waals surface area contributed by atoms with E-state index in [1.165, 1.54) is 6.92 Å². The van der Waals surface area contributed by atoms with Crippen molar-refractivity contribution in [2.75, 3.05) is 31.1 Å². The molecule has 1 fully saturated rings. The zero-order valence-corrected chi connectivity index (χ0v) is 16.2. The fraction of sp³-hybridized carbons (Fsp3) is 0.250. The molecular formula is C20H17Cl2N3O2. The summed E-state index contributed by atoms with van der Waals surface area (Å²) in [6.45, 7) is 3.63. The molecule has 1 aliphatic rings. The summed E-state index contributed by atoms with van der Waals surface area (Å²) in [6, 6.07) is 11.9. The summed E-state index contributed by atoms with van der Waals surface area (Å²) in [5.41, 5.74) is 2.27. The molecular weight excluding hydrogens is 385 g/mol. The van der Waals surface area contributed by atoms with Gasteiger partial charge in [0, 0.05) is 53.0 Å². The predicted molar refractivity (Wildman–Crippen MR) is 106 cm³/mol. The van der Waals surface area contributed by atoms with Crippen LogP contribution in [-0.2, 0) is 0 Å². The molecule has 0 bridgehead atoms. The molecule has 0 aromatic heterocycles. The van der Waals surface area contributed by atoms with E-state index in [1.54, 1.807) is 41.3 Å². The van der Waals surface area contributed by atoms with Crippen molar-refractivity contribution in [3.05, 3.63) is 63.1 Å². The number of carbonyl (C=O) groups excluding carboxylic acids is 2. The van der Waals surface area contributed by atoms with Gasteiger partial charge in [-0.25, -0.2) is 0 Å². The van der Waals surface area contributed by atoms with E-state index in [-0.39, 0.29) is 11.7 Å². The highest BCUT2D eigenvalue weighted by atomic mass is 35.5. The van der Waals surface area contributed by atoms with Crippen molar-refractivity contribution in [2.24, 2.45) is 0 Å².